The van der Waals surface area contributed by atoms with Gasteiger partial charge in [-0.3, -0.25) is 4.79 Å². The summed E-state index contributed by atoms with van der Waals surface area (Å²) < 4.78 is 0. The Morgan fingerprint density at radius 3 is 2.90 bits per heavy atom. The lowest BCUT2D eigenvalue weighted by Crippen LogP contribution is -2.33. The van der Waals surface area contributed by atoms with Crippen LogP contribution in [0.25, 0.3) is 0 Å². The fraction of sp³-hybridized carbons (Fsp3) is 0.500. The zero-order valence-corrected chi connectivity index (χ0v) is 12.8. The second-order valence-corrected chi connectivity index (χ2v) is 5.87. The van der Waals surface area contributed by atoms with Crippen molar-refractivity contribution in [2.75, 3.05) is 13.7 Å². The molecular formula is C18H23NO2. The predicted octanol–water partition coefficient (Wildman–Crippen LogP) is 2.43. The predicted molar refractivity (Wildman–Crippen MR) is 83.4 cm³/mol. The highest BCUT2D eigenvalue weighted by atomic mass is 16.2. The summed E-state index contributed by atoms with van der Waals surface area (Å²) in [7, 11) is 1.87. The van der Waals surface area contributed by atoms with Gasteiger partial charge in [0.1, 0.15) is 6.61 Å². The third-order valence-electron chi connectivity index (χ3n) is 4.21. The largest absolute Gasteiger partial charge is 0.384 e. The van der Waals surface area contributed by atoms with Crippen LogP contribution in [-0.2, 0) is 11.3 Å². The Morgan fingerprint density at radius 2 is 2.24 bits per heavy atom. The molecular weight excluding hydrogens is 262 g/mol. The first kappa shape index (κ1) is 15.6. The molecule has 0 aliphatic heterocycles. The zero-order chi connectivity index (χ0) is 15.2. The van der Waals surface area contributed by atoms with E-state index in [1.54, 1.807) is 0 Å². The van der Waals surface area contributed by atoms with Gasteiger partial charge in [-0.25, -0.2) is 0 Å². The summed E-state index contributed by atoms with van der Waals surface area (Å²) in [6.07, 6.45) is 3.35. The molecule has 1 amide bonds. The average Bonchev–Trinajstić information content (AvgIpc) is 2.90. The zero-order valence-electron chi connectivity index (χ0n) is 12.8. The molecule has 1 N–H and O–H groups in total. The molecule has 2 atom stereocenters. The van der Waals surface area contributed by atoms with Gasteiger partial charge in [0.2, 0.25) is 5.91 Å². The minimum atomic E-state index is -0.137. The molecule has 0 radical (unpaired) electrons. The Hall–Kier alpha value is -1.79. The van der Waals surface area contributed by atoms with Gasteiger partial charge in [-0.05, 0) is 36.5 Å². The molecule has 1 aliphatic rings. The molecule has 3 nitrogen and oxygen atoms in total. The molecule has 0 spiro atoms. The van der Waals surface area contributed by atoms with Crippen molar-refractivity contribution in [2.45, 2.75) is 32.7 Å². The first-order chi connectivity index (χ1) is 10.1. The number of carbonyl (C=O) groups is 1. The van der Waals surface area contributed by atoms with Crippen molar-refractivity contribution >= 4 is 5.91 Å². The molecule has 1 fully saturated rings. The maximum atomic E-state index is 12.5. The summed E-state index contributed by atoms with van der Waals surface area (Å²) in [5, 5.41) is 8.73. The van der Waals surface area contributed by atoms with E-state index in [1.807, 2.05) is 36.2 Å². The monoisotopic (exact) mass is 285 g/mol. The van der Waals surface area contributed by atoms with Crippen molar-refractivity contribution in [3.05, 3.63) is 35.4 Å². The highest BCUT2D eigenvalue weighted by Gasteiger charge is 2.31. The molecule has 2 rings (SSSR count). The van der Waals surface area contributed by atoms with E-state index in [-0.39, 0.29) is 18.4 Å². The molecule has 2 unspecified atom stereocenters. The SMILES string of the molecule is CC1CCCC1C(=O)N(C)Cc1cccc(C#CCO)c1. The van der Waals surface area contributed by atoms with Gasteiger partial charge in [-0.1, -0.05) is 37.3 Å². The van der Waals surface area contributed by atoms with Crippen LogP contribution in [-0.4, -0.2) is 29.6 Å². The second kappa shape index (κ2) is 7.28. The summed E-state index contributed by atoms with van der Waals surface area (Å²) in [6, 6.07) is 7.83. The van der Waals surface area contributed by atoms with Gasteiger partial charge in [0.05, 0.1) is 0 Å². The minimum absolute atomic E-state index is 0.137. The van der Waals surface area contributed by atoms with Gasteiger partial charge < -0.3 is 10.0 Å². The topological polar surface area (TPSA) is 40.5 Å². The third kappa shape index (κ3) is 4.09. The fourth-order valence-electron chi connectivity index (χ4n) is 3.04. The van der Waals surface area contributed by atoms with Crippen LogP contribution < -0.4 is 0 Å². The number of rotatable bonds is 3. The van der Waals surface area contributed by atoms with Crippen molar-refractivity contribution in [3.63, 3.8) is 0 Å². The molecule has 0 heterocycles. The van der Waals surface area contributed by atoms with Gasteiger partial charge in [0.25, 0.3) is 0 Å². The number of hydrogen-bond donors (Lipinski definition) is 1. The number of benzene rings is 1. The lowest BCUT2D eigenvalue weighted by Gasteiger charge is -2.23. The molecule has 1 aromatic carbocycles. The van der Waals surface area contributed by atoms with E-state index in [0.29, 0.717) is 12.5 Å². The van der Waals surface area contributed by atoms with E-state index < -0.39 is 0 Å². The second-order valence-electron chi connectivity index (χ2n) is 5.87. The number of nitrogens with zero attached hydrogens (tertiary/aromatic N) is 1. The Labute approximate surface area is 127 Å². The summed E-state index contributed by atoms with van der Waals surface area (Å²) in [4.78, 5) is 14.3. The highest BCUT2D eigenvalue weighted by molar-refractivity contribution is 5.79. The minimum Gasteiger partial charge on any atom is -0.384 e. The summed E-state index contributed by atoms with van der Waals surface area (Å²) in [5.41, 5.74) is 1.94. The van der Waals surface area contributed by atoms with Crippen molar-refractivity contribution in [2.24, 2.45) is 11.8 Å². The van der Waals surface area contributed by atoms with Crippen molar-refractivity contribution in [3.8, 4) is 11.8 Å². The molecule has 112 valence electrons. The lowest BCUT2D eigenvalue weighted by atomic mass is 9.96. The molecule has 1 aliphatic carbocycles. The maximum Gasteiger partial charge on any atom is 0.225 e. The van der Waals surface area contributed by atoms with Crippen LogP contribution in [0.5, 0.6) is 0 Å². The standard InChI is InChI=1S/C18H23NO2/c1-14-6-3-10-17(14)18(21)19(2)13-16-8-4-7-15(12-16)9-5-11-20/h4,7-8,12,14,17,20H,3,6,10-11,13H2,1-2H3. The van der Waals surface area contributed by atoms with Crippen LogP contribution >= 0.6 is 0 Å². The average molecular weight is 285 g/mol. The Morgan fingerprint density at radius 1 is 1.43 bits per heavy atom. The fourth-order valence-corrected chi connectivity index (χ4v) is 3.04. The summed E-state index contributed by atoms with van der Waals surface area (Å²) >= 11 is 0. The van der Waals surface area contributed by atoms with Gasteiger partial charge >= 0.3 is 0 Å². The molecule has 0 saturated heterocycles. The summed E-state index contributed by atoms with van der Waals surface area (Å²) in [5.74, 6) is 6.48. The van der Waals surface area contributed by atoms with Crippen LogP contribution in [0.3, 0.4) is 0 Å². The first-order valence-corrected chi connectivity index (χ1v) is 7.55. The van der Waals surface area contributed by atoms with Crippen LogP contribution in [0.2, 0.25) is 0 Å². The van der Waals surface area contributed by atoms with E-state index in [9.17, 15) is 4.79 Å². The van der Waals surface area contributed by atoms with E-state index in [0.717, 1.165) is 30.4 Å². The lowest BCUT2D eigenvalue weighted by molar-refractivity contribution is -0.135. The maximum absolute atomic E-state index is 12.5. The Bertz CT molecular complexity index is 556. The van der Waals surface area contributed by atoms with Crippen molar-refractivity contribution in [1.29, 1.82) is 0 Å². The normalized spacial score (nSPS) is 20.7. The smallest absolute Gasteiger partial charge is 0.225 e. The van der Waals surface area contributed by atoms with Gasteiger partial charge in [0, 0.05) is 25.1 Å². The van der Waals surface area contributed by atoms with E-state index in [4.69, 9.17) is 5.11 Å². The molecule has 1 aromatic rings. The van der Waals surface area contributed by atoms with Crippen molar-refractivity contribution < 1.29 is 9.90 Å². The van der Waals surface area contributed by atoms with Gasteiger partial charge in [0.15, 0.2) is 0 Å². The van der Waals surface area contributed by atoms with Crippen LogP contribution in [0.1, 0.15) is 37.3 Å². The van der Waals surface area contributed by atoms with Crippen LogP contribution in [0.15, 0.2) is 24.3 Å². The van der Waals surface area contributed by atoms with Gasteiger partial charge in [-0.15, -0.1) is 0 Å². The molecule has 1 saturated carbocycles. The molecule has 21 heavy (non-hydrogen) atoms. The first-order valence-electron chi connectivity index (χ1n) is 7.55. The Kier molecular flexibility index (Phi) is 5.41. The number of amides is 1. The number of aliphatic hydroxyl groups excluding tert-OH is 1. The van der Waals surface area contributed by atoms with Crippen LogP contribution in [0, 0.1) is 23.7 Å². The quantitative estimate of drug-likeness (QED) is 0.867. The van der Waals surface area contributed by atoms with Crippen molar-refractivity contribution in [1.82, 2.24) is 4.90 Å². The van der Waals surface area contributed by atoms with E-state index in [1.165, 1.54) is 0 Å². The van der Waals surface area contributed by atoms with E-state index in [2.05, 4.69) is 18.8 Å². The number of hydrogen-bond acceptors (Lipinski definition) is 2. The Balaban J connectivity index is 2.02. The van der Waals surface area contributed by atoms with Gasteiger partial charge in [-0.2, -0.15) is 0 Å². The number of carbonyl (C=O) groups excluding carboxylic acids is 1. The molecule has 3 heteroatoms. The number of aliphatic hydroxyl groups is 1. The van der Waals surface area contributed by atoms with E-state index >= 15 is 0 Å². The van der Waals surface area contributed by atoms with Crippen LogP contribution in [0.4, 0.5) is 0 Å². The molecule has 0 aromatic heterocycles. The molecule has 0 bridgehead atoms. The third-order valence-corrected chi connectivity index (χ3v) is 4.21. The summed E-state index contributed by atoms with van der Waals surface area (Å²) in [6.45, 7) is 2.65. The highest BCUT2D eigenvalue weighted by Crippen LogP contribution is 2.32.